The van der Waals surface area contributed by atoms with Crippen molar-refractivity contribution in [3.8, 4) is 0 Å². The van der Waals surface area contributed by atoms with Crippen LogP contribution in [0.5, 0.6) is 0 Å². The summed E-state index contributed by atoms with van der Waals surface area (Å²) in [5, 5.41) is 3.38. The zero-order chi connectivity index (χ0) is 13.5. The molecule has 0 aromatic rings. The summed E-state index contributed by atoms with van der Waals surface area (Å²) in [6.45, 7) is 8.06. The van der Waals surface area contributed by atoms with Crippen LogP contribution in [0.2, 0.25) is 0 Å². The van der Waals surface area contributed by atoms with Crippen molar-refractivity contribution in [2.75, 3.05) is 60.0 Å². The molecule has 0 saturated carbocycles. The van der Waals surface area contributed by atoms with Gasteiger partial charge in [0, 0.05) is 13.1 Å². The maximum Gasteiger partial charge on any atom is 0.0600 e. The van der Waals surface area contributed by atoms with Crippen molar-refractivity contribution in [2.24, 2.45) is 5.92 Å². The van der Waals surface area contributed by atoms with Crippen molar-refractivity contribution < 1.29 is 4.74 Å². The highest BCUT2D eigenvalue weighted by Crippen LogP contribution is 2.17. The SMILES string of the molecule is CN(C)CC1CCN(CCOC2CCNCC2)CC1. The molecule has 2 fully saturated rings. The molecular weight excluding hydrogens is 238 g/mol. The van der Waals surface area contributed by atoms with Crippen LogP contribution in [0, 0.1) is 5.92 Å². The van der Waals surface area contributed by atoms with Gasteiger partial charge in [-0.15, -0.1) is 0 Å². The molecule has 2 aliphatic heterocycles. The van der Waals surface area contributed by atoms with Crippen LogP contribution in [0.25, 0.3) is 0 Å². The molecule has 0 unspecified atom stereocenters. The number of hydrogen-bond acceptors (Lipinski definition) is 4. The second-order valence-corrected chi connectivity index (χ2v) is 6.37. The van der Waals surface area contributed by atoms with Crippen molar-refractivity contribution in [1.82, 2.24) is 15.1 Å². The Morgan fingerprint density at radius 3 is 2.42 bits per heavy atom. The second-order valence-electron chi connectivity index (χ2n) is 6.37. The predicted octanol–water partition coefficient (Wildman–Crippen LogP) is 1.03. The normalized spacial score (nSPS) is 24.2. The molecule has 19 heavy (non-hydrogen) atoms. The summed E-state index contributed by atoms with van der Waals surface area (Å²) in [5.41, 5.74) is 0. The molecule has 2 rings (SSSR count). The maximum absolute atomic E-state index is 5.99. The molecule has 0 spiro atoms. The lowest BCUT2D eigenvalue weighted by Gasteiger charge is -2.33. The number of piperidine rings is 2. The van der Waals surface area contributed by atoms with E-state index in [9.17, 15) is 0 Å². The largest absolute Gasteiger partial charge is 0.377 e. The van der Waals surface area contributed by atoms with Crippen molar-refractivity contribution in [3.05, 3.63) is 0 Å². The van der Waals surface area contributed by atoms with Crippen molar-refractivity contribution in [2.45, 2.75) is 31.8 Å². The fraction of sp³-hybridized carbons (Fsp3) is 1.00. The molecule has 2 aliphatic rings. The highest BCUT2D eigenvalue weighted by atomic mass is 16.5. The van der Waals surface area contributed by atoms with Crippen molar-refractivity contribution >= 4 is 0 Å². The Morgan fingerprint density at radius 2 is 1.79 bits per heavy atom. The molecule has 0 aromatic heterocycles. The average Bonchev–Trinajstić information content (AvgIpc) is 2.41. The van der Waals surface area contributed by atoms with E-state index in [0.717, 1.165) is 32.2 Å². The molecule has 4 heteroatoms. The topological polar surface area (TPSA) is 27.7 Å². The highest BCUT2D eigenvalue weighted by Gasteiger charge is 2.20. The van der Waals surface area contributed by atoms with Gasteiger partial charge in [0.1, 0.15) is 0 Å². The molecule has 0 amide bonds. The molecule has 2 saturated heterocycles. The fourth-order valence-electron chi connectivity index (χ4n) is 3.22. The quantitative estimate of drug-likeness (QED) is 0.779. The van der Waals surface area contributed by atoms with Gasteiger partial charge in [0.2, 0.25) is 0 Å². The Balaban J connectivity index is 1.53. The molecule has 0 atom stereocenters. The van der Waals surface area contributed by atoms with Crippen molar-refractivity contribution in [1.29, 1.82) is 0 Å². The highest BCUT2D eigenvalue weighted by molar-refractivity contribution is 4.74. The maximum atomic E-state index is 5.99. The van der Waals surface area contributed by atoms with E-state index in [2.05, 4.69) is 29.2 Å². The van der Waals surface area contributed by atoms with Gasteiger partial charge in [0.25, 0.3) is 0 Å². The van der Waals surface area contributed by atoms with Gasteiger partial charge < -0.3 is 19.9 Å². The molecular formula is C15H31N3O. The standard InChI is InChI=1S/C15H31N3O/c1-17(2)13-14-5-9-18(10-6-14)11-12-19-15-3-7-16-8-4-15/h14-16H,3-13H2,1-2H3. The van der Waals surface area contributed by atoms with Crippen LogP contribution in [0.3, 0.4) is 0 Å². The fourth-order valence-corrected chi connectivity index (χ4v) is 3.22. The first kappa shape index (κ1) is 15.2. The average molecular weight is 269 g/mol. The molecule has 0 radical (unpaired) electrons. The molecule has 0 aliphatic carbocycles. The monoisotopic (exact) mass is 269 g/mol. The number of likely N-dealkylation sites (tertiary alicyclic amines) is 1. The van der Waals surface area contributed by atoms with Gasteiger partial charge in [0.05, 0.1) is 12.7 Å². The summed E-state index contributed by atoms with van der Waals surface area (Å²) in [6, 6.07) is 0. The Morgan fingerprint density at radius 1 is 1.11 bits per heavy atom. The van der Waals surface area contributed by atoms with Crippen LogP contribution in [0.4, 0.5) is 0 Å². The van der Waals surface area contributed by atoms with E-state index in [1.54, 1.807) is 0 Å². The summed E-state index contributed by atoms with van der Waals surface area (Å²) in [5.74, 6) is 0.900. The third kappa shape index (κ3) is 5.78. The van der Waals surface area contributed by atoms with Crippen LogP contribution < -0.4 is 5.32 Å². The van der Waals surface area contributed by atoms with E-state index in [0.29, 0.717) is 6.10 Å². The van der Waals surface area contributed by atoms with E-state index in [1.165, 1.54) is 45.3 Å². The zero-order valence-corrected chi connectivity index (χ0v) is 12.7. The van der Waals surface area contributed by atoms with Crippen LogP contribution in [0.15, 0.2) is 0 Å². The Hall–Kier alpha value is -0.160. The van der Waals surface area contributed by atoms with Crippen molar-refractivity contribution in [3.63, 3.8) is 0 Å². The van der Waals surface area contributed by atoms with E-state index in [-0.39, 0.29) is 0 Å². The van der Waals surface area contributed by atoms with Gasteiger partial charge in [-0.2, -0.15) is 0 Å². The van der Waals surface area contributed by atoms with Gasteiger partial charge in [-0.25, -0.2) is 0 Å². The lowest BCUT2D eigenvalue weighted by molar-refractivity contribution is 0.0150. The van der Waals surface area contributed by atoms with Crippen LogP contribution in [-0.2, 0) is 4.74 Å². The number of ether oxygens (including phenoxy) is 1. The van der Waals surface area contributed by atoms with Gasteiger partial charge in [-0.1, -0.05) is 0 Å². The Kier molecular flexibility index (Phi) is 6.57. The molecule has 4 nitrogen and oxygen atoms in total. The van der Waals surface area contributed by atoms with Crippen LogP contribution in [-0.4, -0.2) is 75.9 Å². The first-order chi connectivity index (χ1) is 9.24. The first-order valence-electron chi connectivity index (χ1n) is 7.93. The Labute approximate surface area is 118 Å². The van der Waals surface area contributed by atoms with Gasteiger partial charge in [-0.05, 0) is 71.9 Å². The Bertz CT molecular complexity index is 234. The van der Waals surface area contributed by atoms with Gasteiger partial charge in [0.15, 0.2) is 0 Å². The third-order valence-electron chi connectivity index (χ3n) is 4.38. The first-order valence-corrected chi connectivity index (χ1v) is 7.93. The number of nitrogens with zero attached hydrogens (tertiary/aromatic N) is 2. The summed E-state index contributed by atoms with van der Waals surface area (Å²) < 4.78 is 5.99. The lowest BCUT2D eigenvalue weighted by Crippen LogP contribution is -2.39. The molecule has 112 valence electrons. The van der Waals surface area contributed by atoms with E-state index >= 15 is 0 Å². The number of rotatable bonds is 6. The third-order valence-corrected chi connectivity index (χ3v) is 4.38. The molecule has 2 heterocycles. The van der Waals surface area contributed by atoms with Crippen LogP contribution in [0.1, 0.15) is 25.7 Å². The minimum atomic E-state index is 0.507. The van der Waals surface area contributed by atoms with Crippen LogP contribution >= 0.6 is 0 Å². The minimum Gasteiger partial charge on any atom is -0.377 e. The van der Waals surface area contributed by atoms with E-state index in [1.807, 2.05) is 0 Å². The zero-order valence-electron chi connectivity index (χ0n) is 12.7. The van der Waals surface area contributed by atoms with Gasteiger partial charge >= 0.3 is 0 Å². The van der Waals surface area contributed by atoms with Gasteiger partial charge in [-0.3, -0.25) is 0 Å². The smallest absolute Gasteiger partial charge is 0.0600 e. The second kappa shape index (κ2) is 8.20. The lowest BCUT2D eigenvalue weighted by atomic mass is 9.96. The van der Waals surface area contributed by atoms with E-state index < -0.39 is 0 Å². The minimum absolute atomic E-state index is 0.507. The summed E-state index contributed by atoms with van der Waals surface area (Å²) in [7, 11) is 4.36. The number of nitrogens with one attached hydrogen (secondary N) is 1. The molecule has 1 N–H and O–H groups in total. The molecule has 0 bridgehead atoms. The summed E-state index contributed by atoms with van der Waals surface area (Å²) in [4.78, 5) is 4.90. The van der Waals surface area contributed by atoms with E-state index in [4.69, 9.17) is 4.74 Å². The summed E-state index contributed by atoms with van der Waals surface area (Å²) in [6.07, 6.45) is 5.58. The predicted molar refractivity (Wildman–Crippen MR) is 79.6 cm³/mol. The molecule has 0 aromatic carbocycles. The number of hydrogen-bond donors (Lipinski definition) is 1. The summed E-state index contributed by atoms with van der Waals surface area (Å²) >= 11 is 0.